The van der Waals surface area contributed by atoms with Crippen molar-refractivity contribution in [3.63, 3.8) is 0 Å². The van der Waals surface area contributed by atoms with Gasteiger partial charge in [0.15, 0.2) is 0 Å². The Morgan fingerprint density at radius 1 is 1.38 bits per heavy atom. The molecule has 0 N–H and O–H groups in total. The van der Waals surface area contributed by atoms with E-state index in [1.54, 1.807) is 11.3 Å². The van der Waals surface area contributed by atoms with Crippen molar-refractivity contribution in [3.8, 4) is 0 Å². The van der Waals surface area contributed by atoms with Crippen molar-refractivity contribution in [1.82, 2.24) is 0 Å². The molecule has 1 aromatic rings. The molecule has 0 radical (unpaired) electrons. The molecule has 0 nitrogen and oxygen atoms in total. The molecule has 16 heavy (non-hydrogen) atoms. The van der Waals surface area contributed by atoms with Gasteiger partial charge in [-0.2, -0.15) is 0 Å². The fraction of sp³-hybridized carbons (Fsp3) is 0.692. The summed E-state index contributed by atoms with van der Waals surface area (Å²) in [5, 5.41) is 0. The zero-order valence-corrected chi connectivity index (χ0v) is 12.5. The van der Waals surface area contributed by atoms with Crippen LogP contribution >= 0.6 is 38.9 Å². The van der Waals surface area contributed by atoms with Crippen molar-refractivity contribution < 1.29 is 0 Å². The highest BCUT2D eigenvalue weighted by Crippen LogP contribution is 2.63. The first-order valence-electron chi connectivity index (χ1n) is 6.08. The van der Waals surface area contributed by atoms with Crippen LogP contribution in [0.3, 0.4) is 0 Å². The zero-order valence-electron chi connectivity index (χ0n) is 9.38. The molecule has 1 heterocycles. The maximum Gasteiger partial charge on any atom is 0.0960 e. The van der Waals surface area contributed by atoms with Gasteiger partial charge in [0.1, 0.15) is 0 Å². The lowest BCUT2D eigenvalue weighted by atomic mass is 10.0. The van der Waals surface area contributed by atoms with Crippen molar-refractivity contribution in [2.24, 2.45) is 17.8 Å². The lowest BCUT2D eigenvalue weighted by molar-refractivity contribution is 0.480. The van der Waals surface area contributed by atoms with Gasteiger partial charge in [0.2, 0.25) is 0 Å². The van der Waals surface area contributed by atoms with Crippen LogP contribution in [0.2, 0.25) is 4.34 Å². The summed E-state index contributed by atoms with van der Waals surface area (Å²) in [4.78, 5) is 1.98. The summed E-state index contributed by atoms with van der Waals surface area (Å²) in [5.74, 6) is 2.88. The van der Waals surface area contributed by atoms with E-state index in [9.17, 15) is 0 Å². The second-order valence-electron chi connectivity index (χ2n) is 5.20. The number of aryl methyl sites for hydroxylation is 1. The molecule has 2 fully saturated rings. The van der Waals surface area contributed by atoms with E-state index in [0.29, 0.717) is 4.83 Å². The predicted octanol–water partition coefficient (Wildman–Crippen LogP) is 5.58. The molecule has 0 aromatic carbocycles. The van der Waals surface area contributed by atoms with E-state index in [4.69, 9.17) is 11.6 Å². The summed E-state index contributed by atoms with van der Waals surface area (Å²) in [7, 11) is 0. The third-order valence-electron chi connectivity index (χ3n) is 4.21. The van der Waals surface area contributed by atoms with E-state index < -0.39 is 0 Å². The summed E-state index contributed by atoms with van der Waals surface area (Å²) in [6.45, 7) is 2.10. The molecule has 3 unspecified atom stereocenters. The smallest absolute Gasteiger partial charge is 0.0960 e. The molecule has 3 atom stereocenters. The first kappa shape index (κ1) is 11.6. The van der Waals surface area contributed by atoms with Crippen LogP contribution in [0.15, 0.2) is 6.07 Å². The van der Waals surface area contributed by atoms with Gasteiger partial charge in [-0.05, 0) is 49.1 Å². The lowest BCUT2D eigenvalue weighted by Crippen LogP contribution is -1.91. The van der Waals surface area contributed by atoms with Crippen molar-refractivity contribution >= 4 is 38.9 Å². The Bertz CT molecular complexity index is 369. The number of hydrogen-bond donors (Lipinski definition) is 0. The monoisotopic (exact) mass is 318 g/mol. The van der Waals surface area contributed by atoms with Gasteiger partial charge in [0.05, 0.1) is 9.16 Å². The third-order valence-corrected chi connectivity index (χ3v) is 7.25. The van der Waals surface area contributed by atoms with Crippen LogP contribution in [0.1, 0.15) is 41.0 Å². The molecule has 3 rings (SSSR count). The first-order valence-corrected chi connectivity index (χ1v) is 8.19. The van der Waals surface area contributed by atoms with Crippen molar-refractivity contribution in [2.45, 2.75) is 37.4 Å². The Balaban J connectivity index is 1.76. The van der Waals surface area contributed by atoms with Crippen molar-refractivity contribution in [2.75, 3.05) is 0 Å². The summed E-state index contributed by atoms with van der Waals surface area (Å²) in [5.41, 5.74) is 1.23. The molecule has 88 valence electrons. The Morgan fingerprint density at radius 3 is 2.50 bits per heavy atom. The Labute approximate surface area is 115 Å². The number of halogens is 2. The highest BCUT2D eigenvalue weighted by molar-refractivity contribution is 9.09. The van der Waals surface area contributed by atoms with E-state index in [0.717, 1.165) is 22.1 Å². The van der Waals surface area contributed by atoms with Crippen LogP contribution in [0.25, 0.3) is 0 Å². The molecule has 0 saturated heterocycles. The minimum Gasteiger partial charge on any atom is -0.127 e. The maximum absolute atomic E-state index is 6.15. The minimum atomic E-state index is 0.553. The van der Waals surface area contributed by atoms with Gasteiger partial charge in [0, 0.05) is 4.88 Å². The van der Waals surface area contributed by atoms with Crippen LogP contribution < -0.4 is 0 Å². The van der Waals surface area contributed by atoms with Gasteiger partial charge < -0.3 is 0 Å². The highest BCUT2D eigenvalue weighted by Gasteiger charge is 2.54. The summed E-state index contributed by atoms with van der Waals surface area (Å²) in [6.07, 6.45) is 5.80. The molecule has 0 spiro atoms. The molecule has 3 heteroatoms. The second kappa shape index (κ2) is 4.29. The normalized spacial score (nSPS) is 34.6. The van der Waals surface area contributed by atoms with Gasteiger partial charge in [-0.1, -0.05) is 40.4 Å². The van der Waals surface area contributed by atoms with Crippen LogP contribution in [-0.2, 0) is 0 Å². The van der Waals surface area contributed by atoms with Gasteiger partial charge >= 0.3 is 0 Å². The Hall–Kier alpha value is 0.470. The van der Waals surface area contributed by atoms with Crippen molar-refractivity contribution in [3.05, 3.63) is 20.8 Å². The van der Waals surface area contributed by atoms with E-state index in [-0.39, 0.29) is 0 Å². The molecule has 0 aliphatic heterocycles. The van der Waals surface area contributed by atoms with Gasteiger partial charge in [-0.3, -0.25) is 0 Å². The third kappa shape index (κ3) is 1.87. The van der Waals surface area contributed by atoms with Crippen LogP contribution in [0.4, 0.5) is 0 Å². The topological polar surface area (TPSA) is 0 Å². The molecule has 2 aliphatic rings. The van der Waals surface area contributed by atoms with Crippen molar-refractivity contribution in [1.29, 1.82) is 0 Å². The zero-order chi connectivity index (χ0) is 11.3. The quantitative estimate of drug-likeness (QED) is 0.624. The number of hydrogen-bond acceptors (Lipinski definition) is 1. The van der Waals surface area contributed by atoms with E-state index in [2.05, 4.69) is 28.9 Å². The summed E-state index contributed by atoms with van der Waals surface area (Å²) < 4.78 is 0.961. The molecule has 1 aromatic heterocycles. The average Bonchev–Trinajstić information content (AvgIpc) is 2.91. The summed E-state index contributed by atoms with van der Waals surface area (Å²) >= 11 is 11.8. The average molecular weight is 320 g/mol. The van der Waals surface area contributed by atoms with E-state index in [1.165, 1.54) is 36.1 Å². The van der Waals surface area contributed by atoms with Crippen LogP contribution in [-0.4, -0.2) is 0 Å². The molecule has 2 aliphatic carbocycles. The fourth-order valence-electron chi connectivity index (χ4n) is 3.29. The number of thiophene rings is 1. The highest BCUT2D eigenvalue weighted by atomic mass is 79.9. The SMILES string of the molecule is Cc1cc(C(Br)C2C3CCCCC32)sc1Cl. The van der Waals surface area contributed by atoms with E-state index in [1.807, 2.05) is 0 Å². The van der Waals surface area contributed by atoms with Crippen LogP contribution in [0, 0.1) is 24.7 Å². The number of rotatable bonds is 2. The second-order valence-corrected chi connectivity index (χ2v) is 7.87. The van der Waals surface area contributed by atoms with E-state index >= 15 is 0 Å². The first-order chi connectivity index (χ1) is 7.68. The van der Waals surface area contributed by atoms with Gasteiger partial charge in [-0.25, -0.2) is 0 Å². The number of fused-ring (bicyclic) bond motifs is 1. The summed E-state index contributed by atoms with van der Waals surface area (Å²) in [6, 6.07) is 2.26. The van der Waals surface area contributed by atoms with Crippen LogP contribution in [0.5, 0.6) is 0 Å². The van der Waals surface area contributed by atoms with Gasteiger partial charge in [0.25, 0.3) is 0 Å². The Morgan fingerprint density at radius 2 is 2.00 bits per heavy atom. The molecular formula is C13H16BrClS. The maximum atomic E-state index is 6.15. The number of alkyl halides is 1. The fourth-order valence-corrected chi connectivity index (χ4v) is 5.74. The molecular weight excluding hydrogens is 304 g/mol. The largest absolute Gasteiger partial charge is 0.127 e. The molecule has 2 saturated carbocycles. The van der Waals surface area contributed by atoms with Gasteiger partial charge in [-0.15, -0.1) is 11.3 Å². The molecule has 0 amide bonds. The predicted molar refractivity (Wildman–Crippen MR) is 74.7 cm³/mol. The minimum absolute atomic E-state index is 0.553. The molecule has 0 bridgehead atoms. The Kier molecular flexibility index (Phi) is 3.10. The standard InChI is InChI=1S/C13H16BrClS/c1-7-6-10(16-13(7)15)12(14)11-8-4-2-3-5-9(8)11/h6,8-9,11-12H,2-5H2,1H3. The lowest BCUT2D eigenvalue weighted by Gasteiger charge is -2.05.